The Bertz CT molecular complexity index is 182. The molecule has 1 aliphatic heterocycles. The zero-order valence-electron chi connectivity index (χ0n) is 9.04. The Hall–Kier alpha value is -0.570. The summed E-state index contributed by atoms with van der Waals surface area (Å²) in [5, 5.41) is 8.59. The van der Waals surface area contributed by atoms with Gasteiger partial charge in [0.15, 0.2) is 0 Å². The van der Waals surface area contributed by atoms with E-state index in [1.807, 2.05) is 0 Å². The summed E-state index contributed by atoms with van der Waals surface area (Å²) in [5.74, 6) is 0.186. The highest BCUT2D eigenvalue weighted by atomic mass is 16.4. The van der Waals surface area contributed by atoms with Gasteiger partial charge in [0.25, 0.3) is 0 Å². The topological polar surface area (TPSA) is 40.5 Å². The quantitative estimate of drug-likeness (QED) is 0.752. The van der Waals surface area contributed by atoms with E-state index in [0.717, 1.165) is 25.6 Å². The van der Waals surface area contributed by atoms with Crippen molar-refractivity contribution in [2.45, 2.75) is 39.0 Å². The second-order valence-electron chi connectivity index (χ2n) is 4.19. The van der Waals surface area contributed by atoms with Crippen LogP contribution < -0.4 is 0 Å². The third-order valence-electron chi connectivity index (χ3n) is 3.16. The van der Waals surface area contributed by atoms with Gasteiger partial charge in [-0.25, -0.2) is 0 Å². The van der Waals surface area contributed by atoms with Crippen LogP contribution in [-0.4, -0.2) is 35.6 Å². The van der Waals surface area contributed by atoms with Crippen LogP contribution in [0.15, 0.2) is 0 Å². The average molecular weight is 199 g/mol. The highest BCUT2D eigenvalue weighted by Gasteiger charge is 2.15. The van der Waals surface area contributed by atoms with Crippen molar-refractivity contribution in [1.82, 2.24) is 4.90 Å². The van der Waals surface area contributed by atoms with Crippen molar-refractivity contribution in [2.24, 2.45) is 5.92 Å². The molecule has 1 fully saturated rings. The number of carboxylic acid groups (broad SMARTS) is 1. The van der Waals surface area contributed by atoms with Crippen LogP contribution >= 0.6 is 0 Å². The molecule has 0 saturated carbocycles. The van der Waals surface area contributed by atoms with Crippen LogP contribution in [0.5, 0.6) is 0 Å². The number of carboxylic acids is 1. The highest BCUT2D eigenvalue weighted by Crippen LogP contribution is 2.20. The molecule has 0 aliphatic carbocycles. The molecule has 0 radical (unpaired) electrons. The van der Waals surface area contributed by atoms with E-state index in [4.69, 9.17) is 5.11 Å². The molecule has 3 heteroatoms. The zero-order chi connectivity index (χ0) is 10.4. The Morgan fingerprint density at radius 1 is 1.43 bits per heavy atom. The maximum absolute atomic E-state index is 10.4. The van der Waals surface area contributed by atoms with Crippen molar-refractivity contribution in [3.8, 4) is 0 Å². The van der Waals surface area contributed by atoms with E-state index in [0.29, 0.717) is 0 Å². The van der Waals surface area contributed by atoms with Crippen LogP contribution in [0.1, 0.15) is 39.0 Å². The minimum Gasteiger partial charge on any atom is -0.481 e. The van der Waals surface area contributed by atoms with Gasteiger partial charge in [-0.15, -0.1) is 0 Å². The van der Waals surface area contributed by atoms with Gasteiger partial charge in [0.05, 0.1) is 6.42 Å². The lowest BCUT2D eigenvalue weighted by Gasteiger charge is -2.18. The molecule has 0 bridgehead atoms. The molecular weight excluding hydrogens is 178 g/mol. The third-order valence-corrected chi connectivity index (χ3v) is 3.16. The van der Waals surface area contributed by atoms with Crippen LogP contribution in [0.4, 0.5) is 0 Å². The molecule has 1 rings (SSSR count). The fourth-order valence-electron chi connectivity index (χ4n) is 2.11. The first-order valence-corrected chi connectivity index (χ1v) is 5.66. The van der Waals surface area contributed by atoms with Crippen LogP contribution in [0.2, 0.25) is 0 Å². The smallest absolute Gasteiger partial charge is 0.304 e. The van der Waals surface area contributed by atoms with Crippen molar-refractivity contribution in [1.29, 1.82) is 0 Å². The molecule has 1 unspecified atom stereocenters. The first-order chi connectivity index (χ1) is 6.72. The molecule has 1 saturated heterocycles. The minimum absolute atomic E-state index is 0.288. The normalized spacial score (nSPS) is 24.5. The van der Waals surface area contributed by atoms with E-state index in [1.54, 1.807) is 0 Å². The van der Waals surface area contributed by atoms with Gasteiger partial charge in [-0.3, -0.25) is 4.79 Å². The molecular formula is C11H21NO2. The largest absolute Gasteiger partial charge is 0.481 e. The summed E-state index contributed by atoms with van der Waals surface area (Å²) in [6.45, 7) is 5.15. The van der Waals surface area contributed by atoms with E-state index < -0.39 is 5.97 Å². The molecule has 0 aromatic rings. The van der Waals surface area contributed by atoms with Crippen LogP contribution in [-0.2, 0) is 4.79 Å². The van der Waals surface area contributed by atoms with Crippen LogP contribution in [0.25, 0.3) is 0 Å². The lowest BCUT2D eigenvalue weighted by Crippen LogP contribution is -2.27. The average Bonchev–Trinajstić information content (AvgIpc) is 2.39. The van der Waals surface area contributed by atoms with Gasteiger partial charge in [0, 0.05) is 6.54 Å². The number of aliphatic carboxylic acids is 1. The Morgan fingerprint density at radius 2 is 2.21 bits per heavy atom. The number of rotatable bonds is 4. The molecule has 3 nitrogen and oxygen atoms in total. The first kappa shape index (κ1) is 11.5. The van der Waals surface area contributed by atoms with Crippen molar-refractivity contribution in [3.05, 3.63) is 0 Å². The molecule has 0 spiro atoms. The second kappa shape index (κ2) is 6.02. The predicted molar refractivity (Wildman–Crippen MR) is 56.3 cm³/mol. The molecule has 1 atom stereocenters. The number of hydrogen-bond donors (Lipinski definition) is 1. The number of likely N-dealkylation sites (tertiary alicyclic amines) is 1. The van der Waals surface area contributed by atoms with Gasteiger partial charge < -0.3 is 10.0 Å². The fourth-order valence-corrected chi connectivity index (χ4v) is 2.11. The SMILES string of the molecule is CCC1CCCN(CCC(=O)O)CC1. The predicted octanol–water partition coefficient (Wildman–Crippen LogP) is 1.97. The van der Waals surface area contributed by atoms with E-state index in [1.165, 1.54) is 25.7 Å². The van der Waals surface area contributed by atoms with Crippen molar-refractivity contribution in [2.75, 3.05) is 19.6 Å². The Labute approximate surface area is 86.1 Å². The van der Waals surface area contributed by atoms with Gasteiger partial charge in [-0.1, -0.05) is 13.3 Å². The number of nitrogens with zero attached hydrogens (tertiary/aromatic N) is 1. The lowest BCUT2D eigenvalue weighted by atomic mass is 9.98. The van der Waals surface area contributed by atoms with E-state index in [-0.39, 0.29) is 6.42 Å². The van der Waals surface area contributed by atoms with Crippen LogP contribution in [0, 0.1) is 5.92 Å². The molecule has 0 amide bonds. The highest BCUT2D eigenvalue weighted by molar-refractivity contribution is 5.66. The summed E-state index contributed by atoms with van der Waals surface area (Å²) in [4.78, 5) is 12.7. The molecule has 0 aromatic carbocycles. The Balaban J connectivity index is 2.23. The molecule has 1 heterocycles. The van der Waals surface area contributed by atoms with Gasteiger partial charge >= 0.3 is 5.97 Å². The summed E-state index contributed by atoms with van der Waals surface area (Å²) in [6, 6.07) is 0. The standard InChI is InChI=1S/C11H21NO2/c1-2-10-4-3-7-12(8-5-10)9-6-11(13)14/h10H,2-9H2,1H3,(H,13,14). The summed E-state index contributed by atoms with van der Waals surface area (Å²) in [5.41, 5.74) is 0. The number of carbonyl (C=O) groups is 1. The molecule has 82 valence electrons. The van der Waals surface area contributed by atoms with Crippen LogP contribution in [0.3, 0.4) is 0 Å². The fraction of sp³-hybridized carbons (Fsp3) is 0.909. The summed E-state index contributed by atoms with van der Waals surface area (Å²) >= 11 is 0. The first-order valence-electron chi connectivity index (χ1n) is 5.66. The third kappa shape index (κ3) is 4.09. The van der Waals surface area contributed by atoms with E-state index >= 15 is 0 Å². The summed E-state index contributed by atoms with van der Waals surface area (Å²) in [7, 11) is 0. The van der Waals surface area contributed by atoms with Gasteiger partial charge in [0.2, 0.25) is 0 Å². The summed E-state index contributed by atoms with van der Waals surface area (Å²) in [6.07, 6.45) is 5.36. The summed E-state index contributed by atoms with van der Waals surface area (Å²) < 4.78 is 0. The van der Waals surface area contributed by atoms with Gasteiger partial charge in [-0.2, -0.15) is 0 Å². The van der Waals surface area contributed by atoms with Gasteiger partial charge in [-0.05, 0) is 38.3 Å². The molecule has 14 heavy (non-hydrogen) atoms. The minimum atomic E-state index is -0.679. The van der Waals surface area contributed by atoms with Crippen molar-refractivity contribution < 1.29 is 9.90 Å². The van der Waals surface area contributed by atoms with Crippen molar-refractivity contribution >= 4 is 5.97 Å². The molecule has 1 aliphatic rings. The Morgan fingerprint density at radius 3 is 2.86 bits per heavy atom. The molecule has 1 N–H and O–H groups in total. The van der Waals surface area contributed by atoms with Crippen molar-refractivity contribution in [3.63, 3.8) is 0 Å². The Kier molecular flexibility index (Phi) is 4.94. The maximum Gasteiger partial charge on any atom is 0.304 e. The molecule has 0 aromatic heterocycles. The zero-order valence-corrected chi connectivity index (χ0v) is 9.04. The number of hydrogen-bond acceptors (Lipinski definition) is 2. The second-order valence-corrected chi connectivity index (χ2v) is 4.19. The van der Waals surface area contributed by atoms with E-state index in [2.05, 4.69) is 11.8 Å². The monoisotopic (exact) mass is 199 g/mol. The van der Waals surface area contributed by atoms with E-state index in [9.17, 15) is 4.79 Å². The lowest BCUT2D eigenvalue weighted by molar-refractivity contribution is -0.137. The van der Waals surface area contributed by atoms with Gasteiger partial charge in [0.1, 0.15) is 0 Å². The maximum atomic E-state index is 10.4.